The second-order valence-electron chi connectivity index (χ2n) is 6.14. The Morgan fingerprint density at radius 2 is 1.95 bits per heavy atom. The fourth-order valence-corrected chi connectivity index (χ4v) is 2.99. The Morgan fingerprint density at radius 3 is 2.59 bits per heavy atom. The molecular formula is C19H22N2O. The number of aromatic nitrogens is 1. The van der Waals surface area contributed by atoms with Gasteiger partial charge in [0.05, 0.1) is 6.04 Å². The number of hydrogen-bond acceptors (Lipinski definition) is 2. The van der Waals surface area contributed by atoms with Crippen LogP contribution in [0.3, 0.4) is 0 Å². The van der Waals surface area contributed by atoms with Crippen LogP contribution in [0.2, 0.25) is 0 Å². The summed E-state index contributed by atoms with van der Waals surface area (Å²) in [5.74, 6) is 0.727. The minimum atomic E-state index is -0.100. The number of hydrogen-bond donors (Lipinski definition) is 1. The number of rotatable bonds is 5. The normalized spacial score (nSPS) is 15.9. The van der Waals surface area contributed by atoms with Gasteiger partial charge in [-0.1, -0.05) is 30.7 Å². The Balaban J connectivity index is 1.83. The maximum atomic E-state index is 12.4. The number of aryl methyl sites for hydroxylation is 1. The van der Waals surface area contributed by atoms with Crippen LogP contribution in [0.25, 0.3) is 0 Å². The number of pyridine rings is 1. The third kappa shape index (κ3) is 3.35. The quantitative estimate of drug-likeness (QED) is 0.911. The van der Waals surface area contributed by atoms with Crippen LogP contribution < -0.4 is 5.32 Å². The summed E-state index contributed by atoms with van der Waals surface area (Å²) in [7, 11) is 0. The van der Waals surface area contributed by atoms with E-state index in [2.05, 4.69) is 29.4 Å². The van der Waals surface area contributed by atoms with Crippen molar-refractivity contribution < 1.29 is 4.79 Å². The van der Waals surface area contributed by atoms with Gasteiger partial charge in [0.2, 0.25) is 5.91 Å². The van der Waals surface area contributed by atoms with Gasteiger partial charge in [-0.3, -0.25) is 9.78 Å². The van der Waals surface area contributed by atoms with Gasteiger partial charge in [-0.25, -0.2) is 0 Å². The van der Waals surface area contributed by atoms with E-state index in [-0.39, 0.29) is 11.9 Å². The van der Waals surface area contributed by atoms with E-state index in [9.17, 15) is 4.79 Å². The summed E-state index contributed by atoms with van der Waals surface area (Å²) in [4.78, 5) is 16.5. The summed E-state index contributed by atoms with van der Waals surface area (Å²) in [5.41, 5.74) is 3.41. The van der Waals surface area contributed by atoms with E-state index in [0.717, 1.165) is 11.1 Å². The van der Waals surface area contributed by atoms with Gasteiger partial charge in [-0.2, -0.15) is 0 Å². The lowest BCUT2D eigenvalue weighted by molar-refractivity contribution is -0.123. The highest BCUT2D eigenvalue weighted by Gasteiger charge is 2.23. The lowest BCUT2D eigenvalue weighted by atomic mass is 9.82. The fourth-order valence-electron chi connectivity index (χ4n) is 2.99. The van der Waals surface area contributed by atoms with Crippen LogP contribution in [0, 0.1) is 12.8 Å². The number of nitrogens with zero attached hydrogens (tertiary/aromatic N) is 1. The van der Waals surface area contributed by atoms with Crippen molar-refractivity contribution in [2.75, 3.05) is 0 Å². The highest BCUT2D eigenvalue weighted by atomic mass is 16.1. The molecule has 1 aromatic heterocycles. The Bertz CT molecular complexity index is 635. The molecule has 1 heterocycles. The van der Waals surface area contributed by atoms with Gasteiger partial charge in [0, 0.05) is 18.8 Å². The first-order valence-corrected chi connectivity index (χ1v) is 7.99. The maximum absolute atomic E-state index is 12.4. The largest absolute Gasteiger partial charge is 0.345 e. The Labute approximate surface area is 131 Å². The number of carbonyl (C=O) groups is 1. The number of amides is 1. The molecule has 0 saturated heterocycles. The fraction of sp³-hybridized carbons (Fsp3) is 0.368. The summed E-state index contributed by atoms with van der Waals surface area (Å²) in [6.07, 6.45) is 7.85. The third-order valence-electron chi connectivity index (χ3n) is 4.54. The van der Waals surface area contributed by atoms with Crippen LogP contribution in [0.4, 0.5) is 0 Å². The molecule has 0 bridgehead atoms. The lowest BCUT2D eigenvalue weighted by Gasteiger charge is -2.27. The van der Waals surface area contributed by atoms with E-state index >= 15 is 0 Å². The minimum Gasteiger partial charge on any atom is -0.345 e. The Hall–Kier alpha value is -2.16. The van der Waals surface area contributed by atoms with Gasteiger partial charge >= 0.3 is 0 Å². The predicted octanol–water partition coefficient (Wildman–Crippen LogP) is 3.79. The zero-order valence-corrected chi connectivity index (χ0v) is 13.0. The van der Waals surface area contributed by atoms with Crippen molar-refractivity contribution in [2.24, 2.45) is 5.92 Å². The second-order valence-corrected chi connectivity index (χ2v) is 6.14. The van der Waals surface area contributed by atoms with Crippen molar-refractivity contribution in [1.29, 1.82) is 0 Å². The molecule has 3 nitrogen and oxygen atoms in total. The van der Waals surface area contributed by atoms with Crippen LogP contribution in [-0.2, 0) is 4.79 Å². The highest BCUT2D eigenvalue weighted by Crippen LogP contribution is 2.30. The number of benzene rings is 1. The first-order chi connectivity index (χ1) is 10.7. The van der Waals surface area contributed by atoms with Gasteiger partial charge in [-0.05, 0) is 54.5 Å². The topological polar surface area (TPSA) is 42.0 Å². The monoisotopic (exact) mass is 294 g/mol. The van der Waals surface area contributed by atoms with Gasteiger partial charge in [0.1, 0.15) is 0 Å². The third-order valence-corrected chi connectivity index (χ3v) is 4.54. The molecular weight excluding hydrogens is 272 g/mol. The molecule has 1 N–H and O–H groups in total. The standard InChI is InChI=1S/C19H22N2O/c1-14-5-2-3-8-17(14)19(16-9-11-20-12-10-16)21-18(22)13-15-6-4-7-15/h2-3,5,8-12,15,19H,4,6-7,13H2,1H3,(H,21,22)/t19-/m1/s1. The van der Waals surface area contributed by atoms with Gasteiger partial charge in [0.15, 0.2) is 0 Å². The molecule has 2 aromatic rings. The van der Waals surface area contributed by atoms with Crippen molar-refractivity contribution in [1.82, 2.24) is 10.3 Å². The summed E-state index contributed by atoms with van der Waals surface area (Å²) in [6.45, 7) is 2.08. The number of nitrogens with one attached hydrogen (secondary N) is 1. The van der Waals surface area contributed by atoms with Crippen LogP contribution in [0.5, 0.6) is 0 Å². The van der Waals surface area contributed by atoms with E-state index in [4.69, 9.17) is 0 Å². The molecule has 114 valence electrons. The first-order valence-electron chi connectivity index (χ1n) is 7.99. The second kappa shape index (κ2) is 6.73. The predicted molar refractivity (Wildman–Crippen MR) is 87.4 cm³/mol. The molecule has 3 rings (SSSR count). The van der Waals surface area contributed by atoms with Gasteiger partial charge < -0.3 is 5.32 Å². The summed E-state index contributed by atoms with van der Waals surface area (Å²) in [5, 5.41) is 3.22. The average Bonchev–Trinajstić information content (AvgIpc) is 2.50. The Kier molecular flexibility index (Phi) is 4.52. The highest BCUT2D eigenvalue weighted by molar-refractivity contribution is 5.77. The van der Waals surface area contributed by atoms with Crippen molar-refractivity contribution >= 4 is 5.91 Å². The molecule has 1 amide bonds. The minimum absolute atomic E-state index is 0.100. The van der Waals surface area contributed by atoms with E-state index in [1.54, 1.807) is 12.4 Å². The molecule has 0 spiro atoms. The molecule has 3 heteroatoms. The van der Waals surface area contributed by atoms with Crippen LogP contribution in [0.15, 0.2) is 48.8 Å². The molecule has 1 fully saturated rings. The molecule has 0 radical (unpaired) electrons. The maximum Gasteiger partial charge on any atom is 0.221 e. The van der Waals surface area contributed by atoms with E-state index in [1.807, 2.05) is 24.3 Å². The van der Waals surface area contributed by atoms with Crippen LogP contribution in [-0.4, -0.2) is 10.9 Å². The molecule has 1 saturated carbocycles. The summed E-state index contributed by atoms with van der Waals surface area (Å²) < 4.78 is 0. The zero-order valence-electron chi connectivity index (χ0n) is 13.0. The van der Waals surface area contributed by atoms with Crippen LogP contribution in [0.1, 0.15) is 48.4 Å². The van der Waals surface area contributed by atoms with Gasteiger partial charge in [-0.15, -0.1) is 0 Å². The smallest absolute Gasteiger partial charge is 0.221 e. The van der Waals surface area contributed by atoms with E-state index < -0.39 is 0 Å². The Morgan fingerprint density at radius 1 is 1.23 bits per heavy atom. The van der Waals surface area contributed by atoms with E-state index in [0.29, 0.717) is 12.3 Å². The molecule has 22 heavy (non-hydrogen) atoms. The summed E-state index contributed by atoms with van der Waals surface area (Å²) in [6, 6.07) is 12.1. The summed E-state index contributed by atoms with van der Waals surface area (Å²) >= 11 is 0. The molecule has 0 aliphatic heterocycles. The van der Waals surface area contributed by atoms with Crippen molar-refractivity contribution in [3.63, 3.8) is 0 Å². The lowest BCUT2D eigenvalue weighted by Crippen LogP contribution is -2.32. The van der Waals surface area contributed by atoms with Gasteiger partial charge in [0.25, 0.3) is 0 Å². The molecule has 0 unspecified atom stereocenters. The SMILES string of the molecule is Cc1ccccc1[C@H](NC(=O)CC1CCC1)c1ccncc1. The molecule has 1 aliphatic rings. The van der Waals surface area contributed by atoms with Crippen molar-refractivity contribution in [3.05, 3.63) is 65.5 Å². The average molecular weight is 294 g/mol. The van der Waals surface area contributed by atoms with Crippen LogP contribution >= 0.6 is 0 Å². The van der Waals surface area contributed by atoms with Crippen molar-refractivity contribution in [2.45, 2.75) is 38.6 Å². The molecule has 1 aliphatic carbocycles. The van der Waals surface area contributed by atoms with E-state index in [1.165, 1.54) is 24.8 Å². The number of carbonyl (C=O) groups excluding carboxylic acids is 1. The van der Waals surface area contributed by atoms with Crippen molar-refractivity contribution in [3.8, 4) is 0 Å². The molecule has 1 atom stereocenters. The molecule has 1 aromatic carbocycles. The first kappa shape index (κ1) is 14.8. The zero-order chi connectivity index (χ0) is 15.4.